The third-order valence-corrected chi connectivity index (χ3v) is 3.11. The van der Waals surface area contributed by atoms with E-state index in [1.54, 1.807) is 6.92 Å². The minimum absolute atomic E-state index is 0.0166. The van der Waals surface area contributed by atoms with E-state index in [4.69, 9.17) is 0 Å². The quantitative estimate of drug-likeness (QED) is 0.700. The number of amides is 3. The Morgan fingerprint density at radius 3 is 2.24 bits per heavy atom. The van der Waals surface area contributed by atoms with Crippen molar-refractivity contribution in [1.29, 1.82) is 0 Å². The van der Waals surface area contributed by atoms with Crippen molar-refractivity contribution in [3.8, 4) is 0 Å². The maximum atomic E-state index is 12.3. The molecule has 0 radical (unpaired) electrons. The van der Waals surface area contributed by atoms with Crippen molar-refractivity contribution >= 4 is 17.7 Å². The Kier molecular flexibility index (Phi) is 3.88. The Balaban J connectivity index is 2.38. The highest BCUT2D eigenvalue weighted by molar-refractivity contribution is 6.05. The molecule has 0 atom stereocenters. The highest BCUT2D eigenvalue weighted by Crippen LogP contribution is 2.11. The zero-order chi connectivity index (χ0) is 15.7. The van der Waals surface area contributed by atoms with Gasteiger partial charge in [-0.3, -0.25) is 24.5 Å². The molecule has 0 unspecified atom stereocenters. The molecule has 0 spiro atoms. The number of piperazine rings is 1. The fraction of sp³-hybridized carbons (Fsp3) is 0.462. The van der Waals surface area contributed by atoms with Gasteiger partial charge in [-0.15, -0.1) is 0 Å². The van der Waals surface area contributed by atoms with Crippen molar-refractivity contribution < 1.29 is 14.4 Å². The van der Waals surface area contributed by atoms with Crippen LogP contribution in [0.1, 0.15) is 41.6 Å². The average molecular weight is 292 g/mol. The van der Waals surface area contributed by atoms with E-state index in [-0.39, 0.29) is 30.3 Å². The number of hydrogen-bond donors (Lipinski definition) is 2. The monoisotopic (exact) mass is 292 g/mol. The first-order chi connectivity index (χ1) is 9.79. The van der Waals surface area contributed by atoms with Crippen molar-refractivity contribution in [2.45, 2.75) is 26.7 Å². The van der Waals surface area contributed by atoms with E-state index in [1.165, 1.54) is 0 Å². The Morgan fingerprint density at radius 2 is 1.76 bits per heavy atom. The fourth-order valence-corrected chi connectivity index (χ4v) is 2.07. The lowest BCUT2D eigenvalue weighted by atomic mass is 10.1. The SMILES string of the molecule is Cc1nc(C(C)C)[nH]c(=O)c1C(=O)N1CC(=O)NC(=O)C1. The predicted octanol–water partition coefficient (Wildman–Crippen LogP) is -0.700. The van der Waals surface area contributed by atoms with Crippen LogP contribution in [0.15, 0.2) is 4.79 Å². The lowest BCUT2D eigenvalue weighted by Crippen LogP contribution is -2.54. The van der Waals surface area contributed by atoms with Gasteiger partial charge in [-0.05, 0) is 6.92 Å². The maximum Gasteiger partial charge on any atom is 0.264 e. The summed E-state index contributed by atoms with van der Waals surface area (Å²) in [6.07, 6.45) is 0. The van der Waals surface area contributed by atoms with Gasteiger partial charge >= 0.3 is 0 Å². The Bertz CT molecular complexity index is 661. The van der Waals surface area contributed by atoms with Gasteiger partial charge in [0.05, 0.1) is 5.69 Å². The molecule has 1 fully saturated rings. The van der Waals surface area contributed by atoms with E-state index in [1.807, 2.05) is 13.8 Å². The van der Waals surface area contributed by atoms with Crippen LogP contribution in [0.4, 0.5) is 0 Å². The smallest absolute Gasteiger partial charge is 0.264 e. The molecule has 8 heteroatoms. The Morgan fingerprint density at radius 1 is 1.19 bits per heavy atom. The van der Waals surface area contributed by atoms with Crippen LogP contribution in [-0.4, -0.2) is 45.7 Å². The highest BCUT2D eigenvalue weighted by Gasteiger charge is 2.30. The lowest BCUT2D eigenvalue weighted by Gasteiger charge is -2.25. The molecule has 2 heterocycles. The van der Waals surface area contributed by atoms with Crippen LogP contribution in [0.2, 0.25) is 0 Å². The summed E-state index contributed by atoms with van der Waals surface area (Å²) in [5, 5.41) is 2.10. The number of aryl methyl sites for hydroxylation is 1. The van der Waals surface area contributed by atoms with E-state index in [2.05, 4.69) is 15.3 Å². The summed E-state index contributed by atoms with van der Waals surface area (Å²) in [6.45, 7) is 4.78. The van der Waals surface area contributed by atoms with Crippen molar-refractivity contribution in [3.05, 3.63) is 27.4 Å². The average Bonchev–Trinajstić information content (AvgIpc) is 2.36. The number of hydrogen-bond acceptors (Lipinski definition) is 5. The second-order valence-electron chi connectivity index (χ2n) is 5.20. The van der Waals surface area contributed by atoms with E-state index in [0.717, 1.165) is 4.90 Å². The number of aromatic amines is 1. The number of H-pyrrole nitrogens is 1. The molecule has 2 rings (SSSR count). The maximum absolute atomic E-state index is 12.3. The van der Waals surface area contributed by atoms with Crippen LogP contribution in [-0.2, 0) is 9.59 Å². The molecule has 1 aliphatic rings. The van der Waals surface area contributed by atoms with Crippen molar-refractivity contribution in [2.75, 3.05) is 13.1 Å². The molecular formula is C13H16N4O4. The van der Waals surface area contributed by atoms with E-state index in [0.29, 0.717) is 5.82 Å². The van der Waals surface area contributed by atoms with Gasteiger partial charge in [-0.25, -0.2) is 4.98 Å². The lowest BCUT2D eigenvalue weighted by molar-refractivity contribution is -0.135. The highest BCUT2D eigenvalue weighted by atomic mass is 16.2. The largest absolute Gasteiger partial charge is 0.320 e. The number of imide groups is 1. The minimum atomic E-state index is -0.667. The molecule has 1 saturated heterocycles. The number of nitrogens with zero attached hydrogens (tertiary/aromatic N) is 2. The van der Waals surface area contributed by atoms with Gasteiger partial charge in [0.25, 0.3) is 11.5 Å². The summed E-state index contributed by atoms with van der Waals surface area (Å²) in [6, 6.07) is 0. The van der Waals surface area contributed by atoms with Gasteiger partial charge in [-0.2, -0.15) is 0 Å². The summed E-state index contributed by atoms with van der Waals surface area (Å²) in [5.41, 5.74) is -0.414. The van der Waals surface area contributed by atoms with Crippen LogP contribution < -0.4 is 10.9 Å². The van der Waals surface area contributed by atoms with E-state index >= 15 is 0 Å². The van der Waals surface area contributed by atoms with Gasteiger partial charge in [0, 0.05) is 5.92 Å². The van der Waals surface area contributed by atoms with Crippen molar-refractivity contribution in [3.63, 3.8) is 0 Å². The molecule has 112 valence electrons. The molecule has 0 saturated carbocycles. The normalized spacial score (nSPS) is 15.3. The molecule has 1 aliphatic heterocycles. The summed E-state index contributed by atoms with van der Waals surface area (Å²) in [5.74, 6) is -1.30. The van der Waals surface area contributed by atoms with Crippen molar-refractivity contribution in [2.24, 2.45) is 0 Å². The van der Waals surface area contributed by atoms with Gasteiger partial charge in [0.2, 0.25) is 11.8 Å². The molecule has 0 aromatic carbocycles. The van der Waals surface area contributed by atoms with E-state index < -0.39 is 23.3 Å². The van der Waals surface area contributed by atoms with Gasteiger partial charge < -0.3 is 9.88 Å². The molecule has 1 aromatic rings. The molecule has 0 bridgehead atoms. The summed E-state index contributed by atoms with van der Waals surface area (Å²) < 4.78 is 0. The fourth-order valence-electron chi connectivity index (χ4n) is 2.07. The number of aromatic nitrogens is 2. The summed E-state index contributed by atoms with van der Waals surface area (Å²) in [4.78, 5) is 54.8. The van der Waals surface area contributed by atoms with Crippen LogP contribution in [0.25, 0.3) is 0 Å². The first kappa shape index (κ1) is 14.9. The number of rotatable bonds is 2. The molecule has 1 aromatic heterocycles. The predicted molar refractivity (Wildman–Crippen MR) is 72.7 cm³/mol. The Labute approximate surface area is 120 Å². The zero-order valence-corrected chi connectivity index (χ0v) is 12.0. The van der Waals surface area contributed by atoms with Crippen molar-refractivity contribution in [1.82, 2.24) is 20.2 Å². The molecule has 8 nitrogen and oxygen atoms in total. The number of carbonyl (C=O) groups is 3. The standard InChI is InChI=1S/C13H16N4O4/c1-6(2)11-14-7(3)10(12(20)16-11)13(21)17-4-8(18)15-9(19)5-17/h6H,4-5H2,1-3H3,(H,14,16,20)(H,15,18,19). The second kappa shape index (κ2) is 5.47. The van der Waals surface area contributed by atoms with Gasteiger partial charge in [0.15, 0.2) is 0 Å². The van der Waals surface area contributed by atoms with E-state index in [9.17, 15) is 19.2 Å². The molecular weight excluding hydrogens is 276 g/mol. The third-order valence-electron chi connectivity index (χ3n) is 3.11. The van der Waals surface area contributed by atoms with Crippen LogP contribution >= 0.6 is 0 Å². The van der Waals surface area contributed by atoms with Gasteiger partial charge in [0.1, 0.15) is 24.5 Å². The number of carbonyl (C=O) groups excluding carboxylic acids is 3. The zero-order valence-electron chi connectivity index (χ0n) is 12.0. The van der Waals surface area contributed by atoms with Crippen LogP contribution in [0, 0.1) is 6.92 Å². The molecule has 3 amide bonds. The minimum Gasteiger partial charge on any atom is -0.320 e. The second-order valence-corrected chi connectivity index (χ2v) is 5.20. The Hall–Kier alpha value is -2.51. The topological polar surface area (TPSA) is 112 Å². The number of nitrogens with one attached hydrogen (secondary N) is 2. The van der Waals surface area contributed by atoms with Crippen LogP contribution in [0.3, 0.4) is 0 Å². The van der Waals surface area contributed by atoms with Crippen LogP contribution in [0.5, 0.6) is 0 Å². The first-order valence-corrected chi connectivity index (χ1v) is 6.52. The molecule has 21 heavy (non-hydrogen) atoms. The van der Waals surface area contributed by atoms with Gasteiger partial charge in [-0.1, -0.05) is 13.8 Å². The molecule has 0 aliphatic carbocycles. The third kappa shape index (κ3) is 2.99. The summed E-state index contributed by atoms with van der Waals surface area (Å²) >= 11 is 0. The first-order valence-electron chi connectivity index (χ1n) is 6.52. The molecule has 2 N–H and O–H groups in total. The summed E-state index contributed by atoms with van der Waals surface area (Å²) in [7, 11) is 0.